The Balaban J connectivity index is 1.43. The summed E-state index contributed by atoms with van der Waals surface area (Å²) >= 11 is 0. The number of methoxy groups -OCH3 is 1. The smallest absolute Gasteiger partial charge is 0.318 e. The summed E-state index contributed by atoms with van der Waals surface area (Å²) < 4.78 is 6.99. The molecule has 2 aliphatic heterocycles. The summed E-state index contributed by atoms with van der Waals surface area (Å²) in [5, 5.41) is 5.81. The van der Waals surface area contributed by atoms with Gasteiger partial charge < -0.3 is 24.8 Å². The summed E-state index contributed by atoms with van der Waals surface area (Å²) in [6.07, 6.45) is 0.971. The lowest BCUT2D eigenvalue weighted by Gasteiger charge is -2.43. The summed E-state index contributed by atoms with van der Waals surface area (Å²) in [6.45, 7) is 5.56. The van der Waals surface area contributed by atoms with Gasteiger partial charge in [0.1, 0.15) is 11.8 Å². The molecule has 0 saturated carbocycles. The number of fused-ring (bicyclic) bond motifs is 4. The molecule has 3 atom stereocenters. The van der Waals surface area contributed by atoms with E-state index >= 15 is 0 Å². The molecule has 0 aliphatic carbocycles. The van der Waals surface area contributed by atoms with E-state index in [2.05, 4.69) is 10.6 Å². The van der Waals surface area contributed by atoms with Crippen molar-refractivity contribution in [1.82, 2.24) is 14.8 Å². The number of hydrogen-bond donors (Lipinski definition) is 2. The number of benzene rings is 1. The second-order valence-electron chi connectivity index (χ2n) is 8.99. The van der Waals surface area contributed by atoms with Crippen molar-refractivity contribution in [2.24, 2.45) is 11.8 Å². The fraction of sp³-hybridized carbons (Fsp3) is 0.458. The number of pyridine rings is 1. The Morgan fingerprint density at radius 1 is 1.06 bits per heavy atom. The van der Waals surface area contributed by atoms with E-state index in [1.54, 1.807) is 48.4 Å². The lowest BCUT2D eigenvalue weighted by atomic mass is 9.83. The van der Waals surface area contributed by atoms with Gasteiger partial charge in [-0.3, -0.25) is 9.59 Å². The molecule has 1 saturated heterocycles. The number of nitrogens with one attached hydrogen (secondary N) is 2. The Bertz CT molecular complexity index is 1050. The highest BCUT2D eigenvalue weighted by molar-refractivity contribution is 5.97. The van der Waals surface area contributed by atoms with Crippen LogP contribution in [0.1, 0.15) is 31.9 Å². The average molecular weight is 439 g/mol. The van der Waals surface area contributed by atoms with Crippen molar-refractivity contribution in [3.05, 3.63) is 58.5 Å². The molecule has 1 fully saturated rings. The van der Waals surface area contributed by atoms with Crippen molar-refractivity contribution < 1.29 is 14.3 Å². The van der Waals surface area contributed by atoms with Crippen LogP contribution in [0.4, 0.5) is 10.5 Å². The fourth-order valence-corrected chi connectivity index (χ4v) is 4.72. The third-order valence-corrected chi connectivity index (χ3v) is 6.35. The van der Waals surface area contributed by atoms with Crippen molar-refractivity contribution in [2.45, 2.75) is 38.8 Å². The Morgan fingerprint density at radius 3 is 2.50 bits per heavy atom. The molecular weight excluding hydrogens is 408 g/mol. The lowest BCUT2D eigenvalue weighted by Crippen LogP contribution is -2.56. The molecule has 2 aromatic rings. The molecule has 170 valence electrons. The van der Waals surface area contributed by atoms with Gasteiger partial charge in [0.05, 0.1) is 7.11 Å². The summed E-state index contributed by atoms with van der Waals surface area (Å²) in [7, 11) is 1.59. The highest BCUT2D eigenvalue weighted by atomic mass is 16.5. The molecule has 32 heavy (non-hydrogen) atoms. The van der Waals surface area contributed by atoms with Crippen LogP contribution in [-0.4, -0.2) is 47.6 Å². The maximum atomic E-state index is 13.1. The molecule has 2 aliphatic rings. The number of nitrogens with zero attached hydrogens (tertiary/aromatic N) is 2. The van der Waals surface area contributed by atoms with Crippen LogP contribution in [0.25, 0.3) is 0 Å². The van der Waals surface area contributed by atoms with Gasteiger partial charge in [-0.25, -0.2) is 4.79 Å². The summed E-state index contributed by atoms with van der Waals surface area (Å²) in [5.74, 6) is 0.732. The second kappa shape index (κ2) is 9.06. The molecule has 8 nitrogen and oxygen atoms in total. The van der Waals surface area contributed by atoms with Crippen LogP contribution in [0.3, 0.4) is 0 Å². The Labute approximate surface area is 187 Å². The van der Waals surface area contributed by atoms with Gasteiger partial charge in [-0.15, -0.1) is 0 Å². The maximum Gasteiger partial charge on any atom is 0.318 e. The molecule has 1 unspecified atom stereocenters. The minimum Gasteiger partial charge on any atom is -0.497 e. The fourth-order valence-electron chi connectivity index (χ4n) is 4.72. The predicted molar refractivity (Wildman–Crippen MR) is 122 cm³/mol. The number of likely N-dealkylation sites (tertiary alicyclic amines) is 1. The van der Waals surface area contributed by atoms with Crippen LogP contribution < -0.4 is 20.9 Å². The SMILES string of the molecule is COc1ccc(NC(=O)[C@@H](NC(=O)N2CC3C[C@H](C2)Cn2c3cccc2=O)C(C)C)cc1. The largest absolute Gasteiger partial charge is 0.497 e. The van der Waals surface area contributed by atoms with Crippen LogP contribution in [0.15, 0.2) is 47.3 Å². The van der Waals surface area contributed by atoms with Crippen molar-refractivity contribution in [2.75, 3.05) is 25.5 Å². The highest BCUT2D eigenvalue weighted by Crippen LogP contribution is 2.35. The molecule has 4 rings (SSSR count). The van der Waals surface area contributed by atoms with E-state index in [9.17, 15) is 14.4 Å². The number of carbonyl (C=O) groups excluding carboxylic acids is 2. The number of carbonyl (C=O) groups is 2. The zero-order chi connectivity index (χ0) is 22.8. The molecule has 2 N–H and O–H groups in total. The average Bonchev–Trinajstić information content (AvgIpc) is 2.78. The molecule has 8 heteroatoms. The van der Waals surface area contributed by atoms with Crippen LogP contribution in [-0.2, 0) is 11.3 Å². The first-order chi connectivity index (χ1) is 15.4. The first kappa shape index (κ1) is 21.9. The topological polar surface area (TPSA) is 92.7 Å². The molecule has 1 aromatic carbocycles. The van der Waals surface area contributed by atoms with Crippen molar-refractivity contribution in [3.63, 3.8) is 0 Å². The molecule has 3 amide bonds. The standard InChI is InChI=1S/C24H30N4O4/c1-15(2)22(23(30)25-18-7-9-19(32-3)10-8-18)26-24(31)27-12-16-11-17(14-27)20-5-4-6-21(29)28(20)13-16/h4-10,15-17,22H,11-14H2,1-3H3,(H,25,30)(H,26,31)/t16-,17?,22+/m1/s1. The molecular formula is C24H30N4O4. The monoisotopic (exact) mass is 438 g/mol. The molecule has 3 heterocycles. The summed E-state index contributed by atoms with van der Waals surface area (Å²) in [5.41, 5.74) is 1.65. The molecule has 0 radical (unpaired) electrons. The van der Waals surface area contributed by atoms with Crippen molar-refractivity contribution >= 4 is 17.6 Å². The number of ether oxygens (including phenoxy) is 1. The van der Waals surface area contributed by atoms with E-state index in [4.69, 9.17) is 4.74 Å². The van der Waals surface area contributed by atoms with E-state index in [-0.39, 0.29) is 35.3 Å². The Kier molecular flexibility index (Phi) is 6.21. The second-order valence-corrected chi connectivity index (χ2v) is 8.99. The highest BCUT2D eigenvalue weighted by Gasteiger charge is 2.37. The third-order valence-electron chi connectivity index (χ3n) is 6.35. The first-order valence-electron chi connectivity index (χ1n) is 11.1. The number of rotatable bonds is 5. The van der Waals surface area contributed by atoms with Gasteiger partial charge in [-0.2, -0.15) is 0 Å². The minimum absolute atomic E-state index is 0.0187. The third kappa shape index (κ3) is 4.49. The normalized spacial score (nSPS) is 20.3. The zero-order valence-corrected chi connectivity index (χ0v) is 18.7. The predicted octanol–water partition coefficient (Wildman–Crippen LogP) is 2.65. The number of aromatic nitrogens is 1. The van der Waals surface area contributed by atoms with E-state index in [1.165, 1.54) is 0 Å². The zero-order valence-electron chi connectivity index (χ0n) is 18.7. The number of urea groups is 1. The molecule has 1 aromatic heterocycles. The van der Waals surface area contributed by atoms with Crippen LogP contribution >= 0.6 is 0 Å². The van der Waals surface area contributed by atoms with Crippen LogP contribution in [0.5, 0.6) is 5.75 Å². The van der Waals surface area contributed by atoms with E-state index in [0.29, 0.717) is 31.1 Å². The quantitative estimate of drug-likeness (QED) is 0.751. The van der Waals surface area contributed by atoms with Crippen LogP contribution in [0, 0.1) is 11.8 Å². The van der Waals surface area contributed by atoms with Crippen molar-refractivity contribution in [1.29, 1.82) is 0 Å². The van der Waals surface area contributed by atoms with Crippen molar-refractivity contribution in [3.8, 4) is 5.75 Å². The Hall–Kier alpha value is -3.29. The lowest BCUT2D eigenvalue weighted by molar-refractivity contribution is -0.118. The molecule has 0 spiro atoms. The van der Waals surface area contributed by atoms with E-state index in [0.717, 1.165) is 12.1 Å². The van der Waals surface area contributed by atoms with Crippen LogP contribution in [0.2, 0.25) is 0 Å². The van der Waals surface area contributed by atoms with Gasteiger partial charge in [-0.1, -0.05) is 19.9 Å². The number of amides is 3. The van der Waals surface area contributed by atoms with E-state index in [1.807, 2.05) is 24.5 Å². The van der Waals surface area contributed by atoms with Gasteiger partial charge in [-0.05, 0) is 48.6 Å². The molecule has 2 bridgehead atoms. The minimum atomic E-state index is -0.665. The van der Waals surface area contributed by atoms with Gasteiger partial charge in [0.2, 0.25) is 5.91 Å². The van der Waals surface area contributed by atoms with Gasteiger partial charge >= 0.3 is 6.03 Å². The Morgan fingerprint density at radius 2 is 1.81 bits per heavy atom. The first-order valence-corrected chi connectivity index (χ1v) is 11.1. The maximum absolute atomic E-state index is 13.1. The van der Waals surface area contributed by atoms with Gasteiger partial charge in [0.25, 0.3) is 5.56 Å². The number of hydrogen-bond acceptors (Lipinski definition) is 4. The summed E-state index contributed by atoms with van der Waals surface area (Å²) in [6, 6.07) is 11.5. The summed E-state index contributed by atoms with van der Waals surface area (Å²) in [4.78, 5) is 40.0. The number of anilines is 1. The number of piperidine rings is 1. The van der Waals surface area contributed by atoms with Gasteiger partial charge in [0, 0.05) is 43.0 Å². The van der Waals surface area contributed by atoms with E-state index < -0.39 is 6.04 Å². The van der Waals surface area contributed by atoms with Gasteiger partial charge in [0.15, 0.2) is 0 Å².